The van der Waals surface area contributed by atoms with E-state index in [1.165, 1.54) is 17.5 Å². The SMILES string of the molecule is O=c1[nH]cc(-c2nc3ccccc3s2)c(=O)[nH]1. The molecule has 0 amide bonds. The summed E-state index contributed by atoms with van der Waals surface area (Å²) in [6, 6.07) is 7.63. The van der Waals surface area contributed by atoms with Crippen LogP contribution in [0.2, 0.25) is 0 Å². The van der Waals surface area contributed by atoms with Crippen molar-refractivity contribution >= 4 is 21.6 Å². The van der Waals surface area contributed by atoms with E-state index in [1.807, 2.05) is 24.3 Å². The fourth-order valence-electron chi connectivity index (χ4n) is 1.56. The van der Waals surface area contributed by atoms with Crippen LogP contribution in [0, 0.1) is 0 Å². The summed E-state index contributed by atoms with van der Waals surface area (Å²) in [7, 11) is 0. The fourth-order valence-corrected chi connectivity index (χ4v) is 2.53. The number of thiazole rings is 1. The van der Waals surface area contributed by atoms with Crippen molar-refractivity contribution in [2.24, 2.45) is 0 Å². The fraction of sp³-hybridized carbons (Fsp3) is 0. The van der Waals surface area contributed by atoms with Gasteiger partial charge in [-0.05, 0) is 12.1 Å². The predicted molar refractivity (Wildman–Crippen MR) is 66.3 cm³/mol. The van der Waals surface area contributed by atoms with Crippen molar-refractivity contribution in [2.75, 3.05) is 0 Å². The highest BCUT2D eigenvalue weighted by Gasteiger charge is 2.09. The molecule has 17 heavy (non-hydrogen) atoms. The zero-order valence-electron chi connectivity index (χ0n) is 8.56. The first-order valence-electron chi connectivity index (χ1n) is 4.92. The van der Waals surface area contributed by atoms with E-state index in [4.69, 9.17) is 0 Å². The van der Waals surface area contributed by atoms with Gasteiger partial charge in [-0.2, -0.15) is 0 Å². The van der Waals surface area contributed by atoms with Crippen LogP contribution in [0.3, 0.4) is 0 Å². The Kier molecular flexibility index (Phi) is 2.15. The van der Waals surface area contributed by atoms with Gasteiger partial charge in [0.15, 0.2) is 0 Å². The lowest BCUT2D eigenvalue weighted by atomic mass is 10.3. The summed E-state index contributed by atoms with van der Waals surface area (Å²) in [4.78, 5) is 31.5. The Bertz CT molecular complexity index is 767. The Morgan fingerprint density at radius 3 is 2.76 bits per heavy atom. The number of aromatic nitrogens is 3. The molecule has 0 unspecified atom stereocenters. The molecule has 2 aromatic heterocycles. The first-order chi connectivity index (χ1) is 8.24. The van der Waals surface area contributed by atoms with Crippen LogP contribution in [-0.4, -0.2) is 15.0 Å². The monoisotopic (exact) mass is 245 g/mol. The third-order valence-corrected chi connectivity index (χ3v) is 3.41. The molecule has 84 valence electrons. The van der Waals surface area contributed by atoms with Gasteiger partial charge in [0.1, 0.15) is 5.01 Å². The van der Waals surface area contributed by atoms with Gasteiger partial charge in [0.25, 0.3) is 5.56 Å². The van der Waals surface area contributed by atoms with Crippen molar-refractivity contribution in [1.29, 1.82) is 0 Å². The second-order valence-corrected chi connectivity index (χ2v) is 4.50. The third kappa shape index (κ3) is 1.68. The molecule has 0 spiro atoms. The highest BCUT2D eigenvalue weighted by atomic mass is 32.1. The number of benzene rings is 1. The summed E-state index contributed by atoms with van der Waals surface area (Å²) in [6.07, 6.45) is 1.39. The van der Waals surface area contributed by atoms with Gasteiger partial charge < -0.3 is 4.98 Å². The molecule has 3 aromatic rings. The van der Waals surface area contributed by atoms with E-state index >= 15 is 0 Å². The molecule has 0 saturated heterocycles. The maximum absolute atomic E-state index is 11.6. The molecule has 0 bridgehead atoms. The van der Waals surface area contributed by atoms with E-state index in [0.717, 1.165) is 10.2 Å². The number of aromatic amines is 2. The Labute approximate surface area is 98.8 Å². The van der Waals surface area contributed by atoms with Crippen molar-refractivity contribution in [3.05, 3.63) is 51.3 Å². The number of H-pyrrole nitrogens is 2. The molecule has 0 saturated carbocycles. The predicted octanol–water partition coefficient (Wildman–Crippen LogP) is 1.34. The van der Waals surface area contributed by atoms with Crippen LogP contribution >= 0.6 is 11.3 Å². The maximum atomic E-state index is 11.6. The minimum Gasteiger partial charge on any atom is -0.313 e. The summed E-state index contributed by atoms with van der Waals surface area (Å²) < 4.78 is 1.01. The van der Waals surface area contributed by atoms with Gasteiger partial charge in [-0.25, -0.2) is 9.78 Å². The molecule has 5 nitrogen and oxygen atoms in total. The molecule has 2 N–H and O–H groups in total. The third-order valence-electron chi connectivity index (χ3n) is 2.34. The van der Waals surface area contributed by atoms with Crippen molar-refractivity contribution in [3.63, 3.8) is 0 Å². The van der Waals surface area contributed by atoms with Gasteiger partial charge in [-0.15, -0.1) is 11.3 Å². The normalized spacial score (nSPS) is 10.8. The Hall–Kier alpha value is -2.21. The topological polar surface area (TPSA) is 78.6 Å². The standard InChI is InChI=1S/C11H7N3O2S/c15-9-6(5-12-11(16)14-9)10-13-7-3-1-2-4-8(7)17-10/h1-5H,(H2,12,14,15,16). The largest absolute Gasteiger partial charge is 0.325 e. The smallest absolute Gasteiger partial charge is 0.313 e. The first-order valence-corrected chi connectivity index (χ1v) is 5.73. The lowest BCUT2D eigenvalue weighted by Gasteiger charge is -1.91. The van der Waals surface area contributed by atoms with Crippen LogP contribution in [0.25, 0.3) is 20.8 Å². The van der Waals surface area contributed by atoms with Gasteiger partial charge >= 0.3 is 5.69 Å². The molecular formula is C11H7N3O2S. The molecule has 0 aliphatic rings. The van der Waals surface area contributed by atoms with Crippen LogP contribution in [-0.2, 0) is 0 Å². The highest BCUT2D eigenvalue weighted by molar-refractivity contribution is 7.21. The van der Waals surface area contributed by atoms with Crippen LogP contribution in [0.5, 0.6) is 0 Å². The number of nitrogens with zero attached hydrogens (tertiary/aromatic N) is 1. The minimum atomic E-state index is -0.514. The molecule has 6 heteroatoms. The number of hydrogen-bond donors (Lipinski definition) is 2. The maximum Gasteiger partial charge on any atom is 0.325 e. The average Bonchev–Trinajstić information content (AvgIpc) is 2.72. The van der Waals surface area contributed by atoms with Gasteiger partial charge in [-0.3, -0.25) is 9.78 Å². The van der Waals surface area contributed by atoms with Crippen LogP contribution < -0.4 is 11.2 Å². The molecule has 0 fully saturated rings. The van der Waals surface area contributed by atoms with Gasteiger partial charge in [0.05, 0.1) is 15.8 Å². The zero-order valence-corrected chi connectivity index (χ0v) is 9.38. The molecule has 2 heterocycles. The lowest BCUT2D eigenvalue weighted by molar-refractivity contribution is 1.04. The van der Waals surface area contributed by atoms with Crippen molar-refractivity contribution in [2.45, 2.75) is 0 Å². The van der Waals surface area contributed by atoms with E-state index in [1.54, 1.807) is 0 Å². The molecule has 1 aromatic carbocycles. The highest BCUT2D eigenvalue weighted by Crippen LogP contribution is 2.27. The zero-order chi connectivity index (χ0) is 11.8. The van der Waals surface area contributed by atoms with Crippen molar-refractivity contribution < 1.29 is 0 Å². The molecular weight excluding hydrogens is 238 g/mol. The quantitative estimate of drug-likeness (QED) is 0.679. The van der Waals surface area contributed by atoms with E-state index in [2.05, 4.69) is 15.0 Å². The summed E-state index contributed by atoms with van der Waals surface area (Å²) in [6.45, 7) is 0. The van der Waals surface area contributed by atoms with E-state index < -0.39 is 11.2 Å². The van der Waals surface area contributed by atoms with Gasteiger partial charge in [0, 0.05) is 6.20 Å². The van der Waals surface area contributed by atoms with Gasteiger partial charge in [-0.1, -0.05) is 12.1 Å². The second-order valence-electron chi connectivity index (χ2n) is 3.47. The van der Waals surface area contributed by atoms with E-state index in [9.17, 15) is 9.59 Å². The molecule has 0 atom stereocenters. The molecule has 0 aliphatic carbocycles. The van der Waals surface area contributed by atoms with E-state index in [-0.39, 0.29) is 0 Å². The number of nitrogens with one attached hydrogen (secondary N) is 2. The number of rotatable bonds is 1. The number of hydrogen-bond acceptors (Lipinski definition) is 4. The molecule has 0 aliphatic heterocycles. The molecule has 3 rings (SSSR count). The van der Waals surface area contributed by atoms with Crippen LogP contribution in [0.15, 0.2) is 40.1 Å². The minimum absolute atomic E-state index is 0.380. The summed E-state index contributed by atoms with van der Waals surface area (Å²) in [5.74, 6) is 0. The number of fused-ring (bicyclic) bond motifs is 1. The lowest BCUT2D eigenvalue weighted by Crippen LogP contribution is -2.22. The summed E-state index contributed by atoms with van der Waals surface area (Å²) in [5, 5.41) is 0.601. The van der Waals surface area contributed by atoms with Crippen LogP contribution in [0.4, 0.5) is 0 Å². The first kappa shape index (κ1) is 9.98. The molecule has 0 radical (unpaired) electrons. The van der Waals surface area contributed by atoms with Crippen molar-refractivity contribution in [1.82, 2.24) is 15.0 Å². The van der Waals surface area contributed by atoms with Crippen molar-refractivity contribution in [3.8, 4) is 10.6 Å². The Balaban J connectivity index is 2.27. The summed E-state index contributed by atoms with van der Waals surface area (Å²) in [5.41, 5.74) is 0.288. The van der Waals surface area contributed by atoms with Crippen LogP contribution in [0.1, 0.15) is 0 Å². The average molecular weight is 245 g/mol. The number of para-hydroxylation sites is 1. The van der Waals surface area contributed by atoms with Gasteiger partial charge in [0.2, 0.25) is 0 Å². The Morgan fingerprint density at radius 2 is 2.00 bits per heavy atom. The summed E-state index contributed by atoms with van der Waals surface area (Å²) >= 11 is 1.42. The Morgan fingerprint density at radius 1 is 1.18 bits per heavy atom. The van der Waals surface area contributed by atoms with E-state index in [0.29, 0.717) is 10.6 Å². The second kappa shape index (κ2) is 3.67.